The maximum Gasteiger partial charge on any atom is 0.530 e. The van der Waals surface area contributed by atoms with Crippen LogP contribution in [0.2, 0.25) is 5.02 Å². The molecule has 0 radical (unpaired) electrons. The molecule has 3 rings (SSSR count). The van der Waals surface area contributed by atoms with Crippen LogP contribution in [0.3, 0.4) is 0 Å². The summed E-state index contributed by atoms with van der Waals surface area (Å²) in [6.07, 6.45) is 1.95. The quantitative estimate of drug-likeness (QED) is 0.545. The minimum atomic E-state index is -3.97. The number of allylic oxidation sites excluding steroid dienone is 1. The van der Waals surface area contributed by atoms with Crippen LogP contribution in [0, 0.1) is 4.64 Å². The molecular formula is C15H17ClFN2O6PS. The van der Waals surface area contributed by atoms with Gasteiger partial charge in [0.15, 0.2) is 0 Å². The topological polar surface area (TPSA) is 91.8 Å². The van der Waals surface area contributed by atoms with Crippen molar-refractivity contribution < 1.29 is 27.3 Å². The first kappa shape index (κ1) is 20.4. The number of H-pyrrole nitrogens is 1. The number of nitrogens with zero attached hydrogens (tertiary/aromatic N) is 1. The number of phosphoric acid groups is 1. The average molecular weight is 439 g/mol. The zero-order chi connectivity index (χ0) is 19.8. The fourth-order valence-electron chi connectivity index (χ4n) is 2.62. The molecule has 2 aliphatic heterocycles. The van der Waals surface area contributed by atoms with Crippen LogP contribution in [-0.2, 0) is 22.9 Å². The second kappa shape index (κ2) is 7.62. The number of halogens is 2. The lowest BCUT2D eigenvalue weighted by atomic mass is 10.2. The van der Waals surface area contributed by atoms with Gasteiger partial charge in [-0.2, -0.15) is 0 Å². The predicted octanol–water partition coefficient (Wildman–Crippen LogP) is 4.17. The summed E-state index contributed by atoms with van der Waals surface area (Å²) in [7, 11) is -3.97. The number of ether oxygens (including phenoxy) is 1. The van der Waals surface area contributed by atoms with Crippen molar-refractivity contribution in [1.82, 2.24) is 9.55 Å². The smallest absolute Gasteiger partial charge is 0.408 e. The molecule has 3 atom stereocenters. The first-order chi connectivity index (χ1) is 12.6. The minimum Gasteiger partial charge on any atom is -0.408 e. The van der Waals surface area contributed by atoms with Gasteiger partial charge in [-0.1, -0.05) is 36.5 Å². The molecule has 12 heteroatoms. The van der Waals surface area contributed by atoms with Crippen LogP contribution >= 0.6 is 31.6 Å². The monoisotopic (exact) mass is 438 g/mol. The van der Waals surface area contributed by atoms with Crippen molar-refractivity contribution in [3.05, 3.63) is 50.3 Å². The largest absolute Gasteiger partial charge is 0.530 e. The molecule has 0 bridgehead atoms. The Labute approximate surface area is 164 Å². The van der Waals surface area contributed by atoms with Crippen molar-refractivity contribution in [1.29, 1.82) is 0 Å². The van der Waals surface area contributed by atoms with Gasteiger partial charge in [-0.05, 0) is 13.3 Å². The first-order valence-corrected chi connectivity index (χ1v) is 10.2. The molecular weight excluding hydrogens is 422 g/mol. The lowest BCUT2D eigenvalue weighted by molar-refractivity contribution is -0.175. The van der Waals surface area contributed by atoms with Crippen LogP contribution in [0.15, 0.2) is 35.0 Å². The van der Waals surface area contributed by atoms with E-state index in [4.69, 9.17) is 42.1 Å². The number of hydrogen-bond acceptors (Lipinski definition) is 7. The molecule has 27 heavy (non-hydrogen) atoms. The van der Waals surface area contributed by atoms with Crippen molar-refractivity contribution in [3.63, 3.8) is 0 Å². The third-order valence-electron chi connectivity index (χ3n) is 4.11. The highest BCUT2D eigenvalue weighted by Gasteiger charge is 2.45. The number of nitrogens with one attached hydrogen (secondary N) is 1. The zero-order valence-corrected chi connectivity index (χ0v) is 16.7. The third-order valence-corrected chi connectivity index (χ3v) is 6.22. The van der Waals surface area contributed by atoms with Gasteiger partial charge in [-0.25, -0.2) is 13.8 Å². The molecule has 1 saturated heterocycles. The molecule has 2 aliphatic rings. The fourth-order valence-corrected chi connectivity index (χ4v) is 4.20. The molecule has 148 valence electrons. The fraction of sp³-hybridized carbons (Fsp3) is 0.467. The standard InChI is InChI=1S/C15H17ClFN2O6PS/c1-3-10-7-22-26(21,25-9(10)2)23-8-15(17)5-4-12(24-15)19-6-11(16)13(27)18-14(19)20/h3,6,12H,1,4-5,7-8H2,2H3,(H,18,20,27)/t12-,15+,26?/m1/s1. The van der Waals surface area contributed by atoms with Gasteiger partial charge in [0.1, 0.15) is 23.2 Å². The summed E-state index contributed by atoms with van der Waals surface area (Å²) < 4.78 is 49.2. The van der Waals surface area contributed by atoms with Crippen LogP contribution in [0.25, 0.3) is 0 Å². The first-order valence-electron chi connectivity index (χ1n) is 7.93. The lowest BCUT2D eigenvalue weighted by Gasteiger charge is -2.27. The number of aromatic amines is 1. The summed E-state index contributed by atoms with van der Waals surface area (Å²) in [4.78, 5) is 14.4. The Bertz CT molecular complexity index is 962. The van der Waals surface area contributed by atoms with E-state index in [2.05, 4.69) is 11.6 Å². The summed E-state index contributed by atoms with van der Waals surface area (Å²) in [5.74, 6) is -1.94. The van der Waals surface area contributed by atoms with Crippen molar-refractivity contribution in [2.45, 2.75) is 31.8 Å². The van der Waals surface area contributed by atoms with Gasteiger partial charge in [0.05, 0.1) is 11.6 Å². The molecule has 1 aromatic rings. The van der Waals surface area contributed by atoms with Crippen LogP contribution in [-0.4, -0.2) is 28.6 Å². The van der Waals surface area contributed by atoms with E-state index in [1.54, 1.807) is 6.92 Å². The van der Waals surface area contributed by atoms with E-state index in [1.165, 1.54) is 12.3 Å². The normalized spacial score (nSPS) is 31.0. The second-order valence-corrected chi connectivity index (χ2v) is 8.42. The van der Waals surface area contributed by atoms with Gasteiger partial charge in [0.2, 0.25) is 5.85 Å². The minimum absolute atomic E-state index is 0.0213. The van der Waals surface area contributed by atoms with Crippen LogP contribution in [0.5, 0.6) is 0 Å². The Balaban J connectivity index is 1.68. The Morgan fingerprint density at radius 1 is 1.67 bits per heavy atom. The number of aromatic nitrogens is 2. The molecule has 1 fully saturated rings. The number of alkyl halides is 1. The maximum atomic E-state index is 14.9. The Kier molecular flexibility index (Phi) is 5.77. The molecule has 3 heterocycles. The van der Waals surface area contributed by atoms with Gasteiger partial charge >= 0.3 is 13.5 Å². The lowest BCUT2D eigenvalue weighted by Crippen LogP contribution is -2.32. The zero-order valence-electron chi connectivity index (χ0n) is 14.3. The highest BCUT2D eigenvalue weighted by atomic mass is 35.5. The Morgan fingerprint density at radius 3 is 3.07 bits per heavy atom. The van der Waals surface area contributed by atoms with Crippen LogP contribution in [0.1, 0.15) is 26.0 Å². The summed E-state index contributed by atoms with van der Waals surface area (Å²) >= 11 is 10.8. The van der Waals surface area contributed by atoms with Crippen LogP contribution in [0.4, 0.5) is 4.39 Å². The highest BCUT2D eigenvalue weighted by molar-refractivity contribution is 7.71. The van der Waals surface area contributed by atoms with Gasteiger partial charge in [0.25, 0.3) is 0 Å². The molecule has 1 unspecified atom stereocenters. The van der Waals surface area contributed by atoms with E-state index in [0.29, 0.717) is 11.3 Å². The van der Waals surface area contributed by atoms with E-state index < -0.39 is 32.2 Å². The van der Waals surface area contributed by atoms with E-state index in [0.717, 1.165) is 4.57 Å². The average Bonchev–Trinajstić information content (AvgIpc) is 2.99. The molecule has 0 amide bonds. The number of phosphoric ester groups is 1. The Hall–Kier alpha value is -1.29. The maximum absolute atomic E-state index is 14.9. The third kappa shape index (κ3) is 4.42. The molecule has 8 nitrogen and oxygen atoms in total. The van der Waals surface area contributed by atoms with E-state index in [1.807, 2.05) is 0 Å². The van der Waals surface area contributed by atoms with Crippen LogP contribution < -0.4 is 5.69 Å². The predicted molar refractivity (Wildman–Crippen MR) is 97.6 cm³/mol. The van der Waals surface area contributed by atoms with Gasteiger partial charge in [0, 0.05) is 18.2 Å². The summed E-state index contributed by atoms with van der Waals surface area (Å²) in [5, 5.41) is 0.134. The number of hydrogen-bond donors (Lipinski definition) is 1. The molecule has 0 spiro atoms. The molecule has 0 aliphatic carbocycles. The summed E-state index contributed by atoms with van der Waals surface area (Å²) in [5.41, 5.74) is 0.0407. The molecule has 0 aromatic carbocycles. The highest BCUT2D eigenvalue weighted by Crippen LogP contribution is 2.55. The van der Waals surface area contributed by atoms with Crippen molar-refractivity contribution in [2.24, 2.45) is 0 Å². The van der Waals surface area contributed by atoms with Gasteiger partial charge in [-0.3, -0.25) is 18.6 Å². The van der Waals surface area contributed by atoms with E-state index in [9.17, 15) is 13.8 Å². The van der Waals surface area contributed by atoms with Crippen molar-refractivity contribution in [2.75, 3.05) is 13.2 Å². The number of rotatable bonds is 5. The summed E-state index contributed by atoms with van der Waals surface area (Å²) in [6, 6.07) is 0. The van der Waals surface area contributed by atoms with Crippen molar-refractivity contribution in [3.8, 4) is 0 Å². The molecule has 1 aromatic heterocycles. The summed E-state index contributed by atoms with van der Waals surface area (Å²) in [6.45, 7) is 4.45. The van der Waals surface area contributed by atoms with Gasteiger partial charge < -0.3 is 9.26 Å². The second-order valence-electron chi connectivity index (χ2n) is 6.01. The SMILES string of the molecule is C=CC1=C(C)OP(=O)(OC[C@]2(F)CC[C@H](n3cc(Cl)c(=S)[nH]c3=O)O2)OC1. The van der Waals surface area contributed by atoms with Gasteiger partial charge in [-0.15, -0.1) is 0 Å². The molecule has 0 saturated carbocycles. The van der Waals surface area contributed by atoms with E-state index >= 15 is 0 Å². The van der Waals surface area contributed by atoms with E-state index in [-0.39, 0.29) is 29.1 Å². The van der Waals surface area contributed by atoms with Crippen molar-refractivity contribution >= 4 is 31.6 Å². The molecule has 1 N–H and O–H groups in total. The Morgan fingerprint density at radius 2 is 2.41 bits per heavy atom.